The van der Waals surface area contributed by atoms with E-state index in [1.807, 2.05) is 18.2 Å². The molecule has 0 unspecified atom stereocenters. The number of rotatable bonds is 1. The van der Waals surface area contributed by atoms with Crippen LogP contribution in [0.2, 0.25) is 0 Å². The SMILES string of the molecule is Nc1ncccc1C=C(Br)Br. The standard InChI is InChI=1S/C7H6Br2N2/c8-6(9)4-5-2-1-3-11-7(5)10/h1-4H,(H2,10,11). The lowest BCUT2D eigenvalue weighted by atomic mass is 10.2. The third-order valence-electron chi connectivity index (χ3n) is 1.14. The molecule has 0 atom stereocenters. The van der Waals surface area contributed by atoms with Gasteiger partial charge in [0.25, 0.3) is 0 Å². The molecule has 0 aliphatic heterocycles. The molecule has 58 valence electrons. The predicted molar refractivity (Wildman–Crippen MR) is 54.5 cm³/mol. The highest BCUT2D eigenvalue weighted by Gasteiger charge is 1.94. The van der Waals surface area contributed by atoms with Crippen LogP contribution in [0, 0.1) is 0 Å². The number of aromatic nitrogens is 1. The molecule has 1 aromatic rings. The summed E-state index contributed by atoms with van der Waals surface area (Å²) in [6.07, 6.45) is 3.51. The van der Waals surface area contributed by atoms with E-state index in [1.54, 1.807) is 6.20 Å². The van der Waals surface area contributed by atoms with Crippen LogP contribution in [0.25, 0.3) is 6.08 Å². The Morgan fingerprint density at radius 2 is 2.27 bits per heavy atom. The fraction of sp³-hybridized carbons (Fsp3) is 0. The molecule has 0 aliphatic carbocycles. The van der Waals surface area contributed by atoms with Gasteiger partial charge in [0.05, 0.1) is 3.39 Å². The Labute approximate surface area is 81.8 Å². The maximum absolute atomic E-state index is 5.57. The lowest BCUT2D eigenvalue weighted by Gasteiger charge is -1.96. The first-order valence-corrected chi connectivity index (χ1v) is 4.52. The van der Waals surface area contributed by atoms with E-state index in [2.05, 4.69) is 36.8 Å². The number of nitrogens with two attached hydrogens (primary N) is 1. The third kappa shape index (κ3) is 2.63. The Morgan fingerprint density at radius 3 is 2.82 bits per heavy atom. The predicted octanol–water partition coefficient (Wildman–Crippen LogP) is 2.75. The molecular weight excluding hydrogens is 272 g/mol. The summed E-state index contributed by atoms with van der Waals surface area (Å²) in [5.74, 6) is 0.531. The maximum Gasteiger partial charge on any atom is 0.130 e. The normalized spacial score (nSPS) is 9.27. The van der Waals surface area contributed by atoms with E-state index in [1.165, 1.54) is 0 Å². The molecule has 0 saturated carbocycles. The van der Waals surface area contributed by atoms with Crippen molar-refractivity contribution in [3.8, 4) is 0 Å². The zero-order valence-corrected chi connectivity index (χ0v) is 8.76. The van der Waals surface area contributed by atoms with Gasteiger partial charge in [0.15, 0.2) is 0 Å². The fourth-order valence-electron chi connectivity index (χ4n) is 0.670. The van der Waals surface area contributed by atoms with Crippen LogP contribution in [0.5, 0.6) is 0 Å². The minimum absolute atomic E-state index is 0.531. The first-order chi connectivity index (χ1) is 5.20. The number of nitrogens with zero attached hydrogens (tertiary/aromatic N) is 1. The Morgan fingerprint density at radius 1 is 1.55 bits per heavy atom. The van der Waals surface area contributed by atoms with Crippen LogP contribution in [-0.4, -0.2) is 4.98 Å². The van der Waals surface area contributed by atoms with E-state index in [9.17, 15) is 0 Å². The molecule has 1 heterocycles. The van der Waals surface area contributed by atoms with Crippen LogP contribution in [0.1, 0.15) is 5.56 Å². The summed E-state index contributed by atoms with van der Waals surface area (Å²) in [5.41, 5.74) is 6.47. The summed E-state index contributed by atoms with van der Waals surface area (Å²) in [6.45, 7) is 0. The number of halogens is 2. The van der Waals surface area contributed by atoms with E-state index in [-0.39, 0.29) is 0 Å². The Balaban J connectivity index is 3.04. The average Bonchev–Trinajstić information content (AvgIpc) is 1.93. The molecule has 11 heavy (non-hydrogen) atoms. The molecule has 0 radical (unpaired) electrons. The Hall–Kier alpha value is -0.350. The van der Waals surface area contributed by atoms with Gasteiger partial charge in [-0.2, -0.15) is 0 Å². The van der Waals surface area contributed by atoms with Crippen molar-refractivity contribution in [1.29, 1.82) is 0 Å². The molecule has 0 amide bonds. The monoisotopic (exact) mass is 276 g/mol. The van der Waals surface area contributed by atoms with Gasteiger partial charge in [-0.25, -0.2) is 4.98 Å². The molecule has 0 fully saturated rings. The molecule has 1 rings (SSSR count). The second kappa shape index (κ2) is 3.88. The molecule has 0 saturated heterocycles. The second-order valence-electron chi connectivity index (χ2n) is 1.91. The van der Waals surface area contributed by atoms with Crippen LogP contribution in [0.15, 0.2) is 21.7 Å². The van der Waals surface area contributed by atoms with E-state index in [0.29, 0.717) is 5.82 Å². The summed E-state index contributed by atoms with van der Waals surface area (Å²) < 4.78 is 0.852. The molecule has 2 nitrogen and oxygen atoms in total. The van der Waals surface area contributed by atoms with Crippen LogP contribution in [-0.2, 0) is 0 Å². The van der Waals surface area contributed by atoms with E-state index in [4.69, 9.17) is 5.73 Å². The van der Waals surface area contributed by atoms with E-state index < -0.39 is 0 Å². The van der Waals surface area contributed by atoms with Crippen molar-refractivity contribution in [3.63, 3.8) is 0 Å². The maximum atomic E-state index is 5.57. The number of anilines is 1. The molecular formula is C7H6Br2N2. The number of pyridine rings is 1. The molecule has 0 aromatic carbocycles. The molecule has 1 aromatic heterocycles. The number of hydrogen-bond acceptors (Lipinski definition) is 2. The van der Waals surface area contributed by atoms with Gasteiger partial charge in [-0.15, -0.1) is 0 Å². The van der Waals surface area contributed by atoms with Gasteiger partial charge >= 0.3 is 0 Å². The van der Waals surface area contributed by atoms with Gasteiger partial charge in [0.1, 0.15) is 5.82 Å². The lowest BCUT2D eigenvalue weighted by Crippen LogP contribution is -1.91. The summed E-state index contributed by atoms with van der Waals surface area (Å²) in [5, 5.41) is 0. The number of nitrogen functional groups attached to an aromatic ring is 1. The van der Waals surface area contributed by atoms with E-state index in [0.717, 1.165) is 8.96 Å². The zero-order chi connectivity index (χ0) is 8.27. The van der Waals surface area contributed by atoms with Crippen LogP contribution >= 0.6 is 31.9 Å². The van der Waals surface area contributed by atoms with Gasteiger partial charge in [-0.3, -0.25) is 0 Å². The summed E-state index contributed by atoms with van der Waals surface area (Å²) >= 11 is 6.48. The van der Waals surface area contributed by atoms with Crippen molar-refractivity contribution in [2.45, 2.75) is 0 Å². The summed E-state index contributed by atoms with van der Waals surface area (Å²) in [7, 11) is 0. The average molecular weight is 278 g/mol. The van der Waals surface area contributed by atoms with Gasteiger partial charge < -0.3 is 5.73 Å². The quantitative estimate of drug-likeness (QED) is 0.857. The van der Waals surface area contributed by atoms with Crippen molar-refractivity contribution >= 4 is 43.8 Å². The largest absolute Gasteiger partial charge is 0.383 e. The highest BCUT2D eigenvalue weighted by atomic mass is 79.9. The van der Waals surface area contributed by atoms with Gasteiger partial charge in [0, 0.05) is 11.8 Å². The van der Waals surface area contributed by atoms with Crippen molar-refractivity contribution in [2.24, 2.45) is 0 Å². The Bertz CT molecular complexity index is 280. The molecule has 2 N–H and O–H groups in total. The van der Waals surface area contributed by atoms with Crippen LogP contribution < -0.4 is 5.73 Å². The highest BCUT2D eigenvalue weighted by Crippen LogP contribution is 2.19. The second-order valence-corrected chi connectivity index (χ2v) is 4.68. The van der Waals surface area contributed by atoms with Crippen molar-refractivity contribution in [3.05, 3.63) is 27.3 Å². The summed E-state index contributed by atoms with van der Waals surface area (Å²) in [4.78, 5) is 3.92. The Kier molecular flexibility index (Phi) is 3.08. The molecule has 0 aliphatic rings. The van der Waals surface area contributed by atoms with E-state index >= 15 is 0 Å². The first-order valence-electron chi connectivity index (χ1n) is 2.93. The smallest absolute Gasteiger partial charge is 0.130 e. The molecule has 0 spiro atoms. The first kappa shape index (κ1) is 8.74. The fourth-order valence-corrected chi connectivity index (χ4v) is 1.16. The lowest BCUT2D eigenvalue weighted by molar-refractivity contribution is 1.33. The van der Waals surface area contributed by atoms with Crippen LogP contribution in [0.4, 0.5) is 5.82 Å². The summed E-state index contributed by atoms with van der Waals surface area (Å²) in [6, 6.07) is 3.73. The molecule has 4 heteroatoms. The minimum Gasteiger partial charge on any atom is -0.383 e. The topological polar surface area (TPSA) is 38.9 Å². The molecule has 0 bridgehead atoms. The minimum atomic E-state index is 0.531. The third-order valence-corrected chi connectivity index (χ3v) is 1.59. The van der Waals surface area contributed by atoms with Gasteiger partial charge in [0.2, 0.25) is 0 Å². The zero-order valence-electron chi connectivity index (χ0n) is 5.59. The van der Waals surface area contributed by atoms with Crippen LogP contribution in [0.3, 0.4) is 0 Å². The van der Waals surface area contributed by atoms with Crippen molar-refractivity contribution in [1.82, 2.24) is 4.98 Å². The number of hydrogen-bond donors (Lipinski definition) is 1. The van der Waals surface area contributed by atoms with Gasteiger partial charge in [-0.05, 0) is 50.1 Å². The van der Waals surface area contributed by atoms with Gasteiger partial charge in [-0.1, -0.05) is 0 Å². The van der Waals surface area contributed by atoms with Crippen molar-refractivity contribution < 1.29 is 0 Å². The van der Waals surface area contributed by atoms with Crippen molar-refractivity contribution in [2.75, 3.05) is 5.73 Å². The highest BCUT2D eigenvalue weighted by molar-refractivity contribution is 9.28.